The van der Waals surface area contributed by atoms with Crippen LogP contribution in [0.15, 0.2) is 30.3 Å². The van der Waals surface area contributed by atoms with Crippen LogP contribution in [0.3, 0.4) is 0 Å². The Hall–Kier alpha value is -1.77. The minimum atomic E-state index is -0.268. The molecule has 0 radical (unpaired) electrons. The zero-order chi connectivity index (χ0) is 12.3. The summed E-state index contributed by atoms with van der Waals surface area (Å²) in [5.74, 6) is 0.356. The smallest absolute Gasteiger partial charge is 0.414 e. The Bertz CT molecular complexity index is 438. The molecule has 0 saturated carbocycles. The van der Waals surface area contributed by atoms with Crippen molar-refractivity contribution in [2.24, 2.45) is 5.92 Å². The maximum atomic E-state index is 11.9. The van der Waals surface area contributed by atoms with Gasteiger partial charge < -0.3 is 4.74 Å². The van der Waals surface area contributed by atoms with Crippen LogP contribution in [0.25, 0.3) is 6.08 Å². The molecule has 1 aromatic rings. The van der Waals surface area contributed by atoms with Crippen LogP contribution < -0.4 is 4.90 Å². The van der Waals surface area contributed by atoms with E-state index in [1.54, 1.807) is 4.90 Å². The monoisotopic (exact) mass is 231 g/mol. The first-order chi connectivity index (χ1) is 8.18. The highest BCUT2D eigenvalue weighted by Crippen LogP contribution is 2.25. The van der Waals surface area contributed by atoms with Crippen molar-refractivity contribution in [3.05, 3.63) is 35.9 Å². The number of hydrogen-bond donors (Lipinski definition) is 0. The van der Waals surface area contributed by atoms with E-state index in [0.29, 0.717) is 19.1 Å². The first-order valence-corrected chi connectivity index (χ1v) is 5.88. The molecule has 90 valence electrons. The Labute approximate surface area is 102 Å². The first kappa shape index (κ1) is 11.7. The van der Waals surface area contributed by atoms with E-state index in [9.17, 15) is 4.79 Å². The van der Waals surface area contributed by atoms with Crippen molar-refractivity contribution in [3.8, 4) is 0 Å². The maximum Gasteiger partial charge on any atom is 0.414 e. The van der Waals surface area contributed by atoms with Gasteiger partial charge in [-0.2, -0.15) is 0 Å². The van der Waals surface area contributed by atoms with Crippen LogP contribution in [-0.2, 0) is 4.74 Å². The number of para-hydroxylation sites is 1. The van der Waals surface area contributed by atoms with Crippen LogP contribution in [-0.4, -0.2) is 19.2 Å². The van der Waals surface area contributed by atoms with Crippen molar-refractivity contribution in [1.29, 1.82) is 0 Å². The largest absolute Gasteiger partial charge is 0.449 e. The van der Waals surface area contributed by atoms with E-state index < -0.39 is 0 Å². The molecular weight excluding hydrogens is 214 g/mol. The molecule has 0 unspecified atom stereocenters. The second-order valence-electron chi connectivity index (χ2n) is 4.54. The molecule has 0 spiro atoms. The van der Waals surface area contributed by atoms with Gasteiger partial charge in [-0.1, -0.05) is 44.2 Å². The summed E-state index contributed by atoms with van der Waals surface area (Å²) in [6.45, 7) is 5.09. The highest BCUT2D eigenvalue weighted by atomic mass is 16.6. The van der Waals surface area contributed by atoms with Gasteiger partial charge in [-0.3, -0.25) is 4.90 Å². The SMILES string of the molecule is CC(C)COC(=O)N1CC=Cc2ccccc21. The minimum absolute atomic E-state index is 0.268. The minimum Gasteiger partial charge on any atom is -0.449 e. The van der Waals surface area contributed by atoms with Crippen molar-refractivity contribution in [2.45, 2.75) is 13.8 Å². The van der Waals surface area contributed by atoms with Crippen LogP contribution in [0, 0.1) is 5.92 Å². The van der Waals surface area contributed by atoms with Gasteiger partial charge in [0.2, 0.25) is 0 Å². The molecule has 0 atom stereocenters. The Morgan fingerprint density at radius 2 is 2.18 bits per heavy atom. The van der Waals surface area contributed by atoms with Gasteiger partial charge in [-0.15, -0.1) is 0 Å². The summed E-state index contributed by atoms with van der Waals surface area (Å²) in [5.41, 5.74) is 1.98. The lowest BCUT2D eigenvalue weighted by Crippen LogP contribution is -2.34. The van der Waals surface area contributed by atoms with Crippen molar-refractivity contribution >= 4 is 17.9 Å². The lowest BCUT2D eigenvalue weighted by atomic mass is 10.1. The molecule has 17 heavy (non-hydrogen) atoms. The van der Waals surface area contributed by atoms with Gasteiger partial charge >= 0.3 is 6.09 Å². The molecular formula is C14H17NO2. The van der Waals surface area contributed by atoms with E-state index in [-0.39, 0.29) is 6.09 Å². The average molecular weight is 231 g/mol. The highest BCUT2D eigenvalue weighted by molar-refractivity contribution is 5.92. The Morgan fingerprint density at radius 3 is 2.94 bits per heavy atom. The molecule has 0 aliphatic carbocycles. The van der Waals surface area contributed by atoms with Gasteiger partial charge in [0.15, 0.2) is 0 Å². The van der Waals surface area contributed by atoms with Crippen LogP contribution in [0.1, 0.15) is 19.4 Å². The Kier molecular flexibility index (Phi) is 3.47. The number of carbonyl (C=O) groups is 1. The molecule has 1 heterocycles. The van der Waals surface area contributed by atoms with E-state index in [0.717, 1.165) is 11.3 Å². The summed E-state index contributed by atoms with van der Waals surface area (Å²) in [7, 11) is 0. The number of anilines is 1. The third-order valence-electron chi connectivity index (χ3n) is 2.57. The van der Waals surface area contributed by atoms with Crippen molar-refractivity contribution in [3.63, 3.8) is 0 Å². The first-order valence-electron chi connectivity index (χ1n) is 5.88. The fraction of sp³-hybridized carbons (Fsp3) is 0.357. The molecule has 1 amide bonds. The number of ether oxygens (including phenoxy) is 1. The molecule has 1 aliphatic heterocycles. The molecule has 0 N–H and O–H groups in total. The third kappa shape index (κ3) is 2.67. The van der Waals surface area contributed by atoms with Gasteiger partial charge in [0, 0.05) is 6.54 Å². The molecule has 1 aliphatic rings. The van der Waals surface area contributed by atoms with E-state index in [1.165, 1.54) is 0 Å². The van der Waals surface area contributed by atoms with Crippen molar-refractivity contribution < 1.29 is 9.53 Å². The summed E-state index contributed by atoms with van der Waals surface area (Å²) in [5, 5.41) is 0. The number of amides is 1. The van der Waals surface area contributed by atoms with E-state index in [2.05, 4.69) is 0 Å². The van der Waals surface area contributed by atoms with Gasteiger partial charge in [-0.05, 0) is 17.5 Å². The molecule has 0 fully saturated rings. The zero-order valence-corrected chi connectivity index (χ0v) is 10.2. The Morgan fingerprint density at radius 1 is 1.41 bits per heavy atom. The fourth-order valence-electron chi connectivity index (χ4n) is 1.75. The lowest BCUT2D eigenvalue weighted by Gasteiger charge is -2.25. The number of nitrogens with zero attached hydrogens (tertiary/aromatic N) is 1. The number of hydrogen-bond acceptors (Lipinski definition) is 2. The second kappa shape index (κ2) is 5.04. The summed E-state index contributed by atoms with van der Waals surface area (Å²) < 4.78 is 5.25. The number of fused-ring (bicyclic) bond motifs is 1. The van der Waals surface area contributed by atoms with Crippen molar-refractivity contribution in [1.82, 2.24) is 0 Å². The molecule has 3 nitrogen and oxygen atoms in total. The second-order valence-corrected chi connectivity index (χ2v) is 4.54. The van der Waals surface area contributed by atoms with E-state index in [4.69, 9.17) is 4.74 Å². The standard InChI is InChI=1S/C14H17NO2/c1-11(2)10-17-14(16)15-9-5-7-12-6-3-4-8-13(12)15/h3-8,11H,9-10H2,1-2H3. The summed E-state index contributed by atoms with van der Waals surface area (Å²) in [6, 6.07) is 7.83. The summed E-state index contributed by atoms with van der Waals surface area (Å²) in [4.78, 5) is 13.6. The lowest BCUT2D eigenvalue weighted by molar-refractivity contribution is 0.140. The Balaban J connectivity index is 2.12. The number of benzene rings is 1. The predicted molar refractivity (Wildman–Crippen MR) is 69.0 cm³/mol. The van der Waals surface area contributed by atoms with Gasteiger partial charge in [0.05, 0.1) is 12.3 Å². The van der Waals surface area contributed by atoms with E-state index in [1.807, 2.05) is 50.3 Å². The normalized spacial score (nSPS) is 13.7. The van der Waals surface area contributed by atoms with Crippen LogP contribution >= 0.6 is 0 Å². The summed E-state index contributed by atoms with van der Waals surface area (Å²) >= 11 is 0. The van der Waals surface area contributed by atoms with Gasteiger partial charge in [-0.25, -0.2) is 4.79 Å². The topological polar surface area (TPSA) is 29.5 Å². The molecule has 1 aromatic carbocycles. The highest BCUT2D eigenvalue weighted by Gasteiger charge is 2.20. The molecule has 0 aromatic heterocycles. The number of rotatable bonds is 2. The molecule has 0 saturated heterocycles. The van der Waals surface area contributed by atoms with Crippen LogP contribution in [0.4, 0.5) is 10.5 Å². The average Bonchev–Trinajstić information content (AvgIpc) is 2.35. The maximum absolute atomic E-state index is 11.9. The fourth-order valence-corrected chi connectivity index (χ4v) is 1.75. The van der Waals surface area contributed by atoms with Crippen molar-refractivity contribution in [2.75, 3.05) is 18.1 Å². The van der Waals surface area contributed by atoms with Gasteiger partial charge in [0.1, 0.15) is 0 Å². The van der Waals surface area contributed by atoms with Gasteiger partial charge in [0.25, 0.3) is 0 Å². The number of carbonyl (C=O) groups excluding carboxylic acids is 1. The van der Waals surface area contributed by atoms with Crippen LogP contribution in [0.5, 0.6) is 0 Å². The molecule has 3 heteroatoms. The summed E-state index contributed by atoms with van der Waals surface area (Å²) in [6.07, 6.45) is 3.73. The molecule has 2 rings (SSSR count). The predicted octanol–water partition coefficient (Wildman–Crippen LogP) is 3.31. The molecule has 0 bridgehead atoms. The quantitative estimate of drug-likeness (QED) is 0.781. The van der Waals surface area contributed by atoms with Crippen LogP contribution in [0.2, 0.25) is 0 Å². The third-order valence-corrected chi connectivity index (χ3v) is 2.57. The zero-order valence-electron chi connectivity index (χ0n) is 10.2. The van der Waals surface area contributed by atoms with E-state index >= 15 is 0 Å².